The molecular weight excluding hydrogens is 460 g/mol. The first kappa shape index (κ1) is 23.5. The zero-order valence-electron chi connectivity index (χ0n) is 18.2. The minimum absolute atomic E-state index is 0.0519. The van der Waals surface area contributed by atoms with Crippen LogP contribution in [0.5, 0.6) is 5.75 Å². The third-order valence-electron chi connectivity index (χ3n) is 5.85. The van der Waals surface area contributed by atoms with Crippen molar-refractivity contribution in [2.24, 2.45) is 5.92 Å². The van der Waals surface area contributed by atoms with Gasteiger partial charge in [-0.15, -0.1) is 0 Å². The van der Waals surface area contributed by atoms with Gasteiger partial charge in [0.15, 0.2) is 0 Å². The van der Waals surface area contributed by atoms with E-state index in [1.165, 1.54) is 4.31 Å². The number of hydrogen-bond acceptors (Lipinski definition) is 4. The molecule has 1 heterocycles. The van der Waals surface area contributed by atoms with Crippen LogP contribution >= 0.6 is 11.6 Å². The highest BCUT2D eigenvalue weighted by Gasteiger charge is 2.31. The molecule has 0 aromatic heterocycles. The van der Waals surface area contributed by atoms with E-state index in [-0.39, 0.29) is 17.6 Å². The molecule has 33 heavy (non-hydrogen) atoms. The van der Waals surface area contributed by atoms with Crippen molar-refractivity contribution in [3.63, 3.8) is 0 Å². The summed E-state index contributed by atoms with van der Waals surface area (Å²) in [6.07, 6.45) is 1.01. The van der Waals surface area contributed by atoms with Gasteiger partial charge in [-0.05, 0) is 53.4 Å². The van der Waals surface area contributed by atoms with Crippen LogP contribution in [-0.2, 0) is 20.6 Å². The van der Waals surface area contributed by atoms with Crippen molar-refractivity contribution in [2.75, 3.05) is 26.2 Å². The van der Waals surface area contributed by atoms with E-state index < -0.39 is 10.0 Å². The molecule has 3 aromatic carbocycles. The molecule has 0 bridgehead atoms. The van der Waals surface area contributed by atoms with E-state index in [0.29, 0.717) is 49.7 Å². The lowest BCUT2D eigenvalue weighted by Crippen LogP contribution is -2.43. The molecule has 1 N–H and O–H groups in total. The summed E-state index contributed by atoms with van der Waals surface area (Å²) in [7, 11) is -3.45. The van der Waals surface area contributed by atoms with Crippen molar-refractivity contribution >= 4 is 38.3 Å². The molecule has 1 amide bonds. The molecule has 0 radical (unpaired) electrons. The number of nitrogens with zero attached hydrogens (tertiary/aromatic N) is 1. The summed E-state index contributed by atoms with van der Waals surface area (Å²) in [5.74, 6) is 0.435. The average Bonchev–Trinajstić information content (AvgIpc) is 2.81. The molecule has 6 nitrogen and oxygen atoms in total. The Morgan fingerprint density at radius 2 is 1.76 bits per heavy atom. The van der Waals surface area contributed by atoms with Gasteiger partial charge in [0.1, 0.15) is 12.4 Å². The summed E-state index contributed by atoms with van der Waals surface area (Å²) in [5, 5.41) is 5.69. The van der Waals surface area contributed by atoms with E-state index in [1.54, 1.807) is 24.3 Å². The quantitative estimate of drug-likeness (QED) is 0.483. The number of rotatable bonds is 8. The van der Waals surface area contributed by atoms with E-state index in [2.05, 4.69) is 5.32 Å². The van der Waals surface area contributed by atoms with E-state index in [4.69, 9.17) is 16.3 Å². The predicted octanol–water partition coefficient (Wildman–Crippen LogP) is 4.23. The molecule has 174 valence electrons. The lowest BCUT2D eigenvalue weighted by Gasteiger charge is -2.30. The van der Waals surface area contributed by atoms with Crippen molar-refractivity contribution < 1.29 is 17.9 Å². The lowest BCUT2D eigenvalue weighted by atomic mass is 9.97. The van der Waals surface area contributed by atoms with Crippen LogP contribution in [0.2, 0.25) is 5.02 Å². The van der Waals surface area contributed by atoms with Crippen LogP contribution in [0.15, 0.2) is 66.7 Å². The molecule has 0 atom stereocenters. The summed E-state index contributed by atoms with van der Waals surface area (Å²) in [5.41, 5.74) is 0.661. The Labute approximate surface area is 199 Å². The number of amides is 1. The third kappa shape index (κ3) is 6.25. The minimum Gasteiger partial charge on any atom is -0.492 e. The number of halogens is 1. The molecule has 0 spiro atoms. The Kier molecular flexibility index (Phi) is 7.53. The Morgan fingerprint density at radius 1 is 1.00 bits per heavy atom. The molecule has 4 rings (SSSR count). The highest BCUT2D eigenvalue weighted by atomic mass is 35.5. The molecule has 8 heteroatoms. The highest BCUT2D eigenvalue weighted by Crippen LogP contribution is 2.23. The first-order valence-corrected chi connectivity index (χ1v) is 13.0. The van der Waals surface area contributed by atoms with Gasteiger partial charge in [-0.2, -0.15) is 0 Å². The van der Waals surface area contributed by atoms with Crippen LogP contribution in [0.25, 0.3) is 10.8 Å². The maximum atomic E-state index is 12.7. The van der Waals surface area contributed by atoms with E-state index in [9.17, 15) is 13.2 Å². The van der Waals surface area contributed by atoms with Gasteiger partial charge < -0.3 is 10.1 Å². The largest absolute Gasteiger partial charge is 0.492 e. The van der Waals surface area contributed by atoms with Gasteiger partial charge in [0, 0.05) is 24.0 Å². The van der Waals surface area contributed by atoms with E-state index in [0.717, 1.165) is 16.5 Å². The standard InChI is InChI=1S/C25H27ClN2O4S/c26-23-7-3-4-19(16-23)18-33(30,31)28-13-10-21(11-14-28)25(29)27-12-15-32-24-9-8-20-5-1-2-6-22(20)17-24/h1-9,16-17,21H,10-15,18H2,(H,27,29). The minimum atomic E-state index is -3.45. The van der Waals surface area contributed by atoms with Crippen molar-refractivity contribution in [1.29, 1.82) is 0 Å². The maximum absolute atomic E-state index is 12.7. The first-order chi connectivity index (χ1) is 15.9. The lowest BCUT2D eigenvalue weighted by molar-refractivity contribution is -0.126. The fraction of sp³-hybridized carbons (Fsp3) is 0.320. The second-order valence-corrected chi connectivity index (χ2v) is 10.6. The summed E-state index contributed by atoms with van der Waals surface area (Å²) < 4.78 is 32.7. The molecule has 1 fully saturated rings. The van der Waals surface area contributed by atoms with Crippen LogP contribution < -0.4 is 10.1 Å². The second kappa shape index (κ2) is 10.5. The Morgan fingerprint density at radius 3 is 2.52 bits per heavy atom. The predicted molar refractivity (Wildman–Crippen MR) is 131 cm³/mol. The zero-order valence-corrected chi connectivity index (χ0v) is 19.8. The maximum Gasteiger partial charge on any atom is 0.223 e. The summed E-state index contributed by atoms with van der Waals surface area (Å²) >= 11 is 5.96. The van der Waals surface area contributed by atoms with Gasteiger partial charge in [-0.3, -0.25) is 4.79 Å². The van der Waals surface area contributed by atoms with Crippen molar-refractivity contribution in [1.82, 2.24) is 9.62 Å². The van der Waals surface area contributed by atoms with Crippen LogP contribution in [0, 0.1) is 5.92 Å². The molecule has 3 aromatic rings. The molecule has 0 saturated carbocycles. The van der Waals surface area contributed by atoms with Gasteiger partial charge in [0.2, 0.25) is 15.9 Å². The van der Waals surface area contributed by atoms with Crippen LogP contribution in [0.4, 0.5) is 0 Å². The number of piperidine rings is 1. The Balaban J connectivity index is 1.20. The topological polar surface area (TPSA) is 75.7 Å². The number of hydrogen-bond donors (Lipinski definition) is 1. The fourth-order valence-corrected chi connectivity index (χ4v) is 5.83. The normalized spacial score (nSPS) is 15.4. The molecule has 1 aliphatic rings. The first-order valence-electron chi connectivity index (χ1n) is 11.0. The Bertz CT molecular complexity index is 1220. The van der Waals surface area contributed by atoms with Crippen LogP contribution in [0.1, 0.15) is 18.4 Å². The van der Waals surface area contributed by atoms with Gasteiger partial charge >= 0.3 is 0 Å². The number of nitrogens with one attached hydrogen (secondary N) is 1. The average molecular weight is 487 g/mol. The molecule has 1 saturated heterocycles. The molecule has 0 aliphatic carbocycles. The smallest absolute Gasteiger partial charge is 0.223 e. The van der Waals surface area contributed by atoms with Crippen LogP contribution in [-0.4, -0.2) is 44.9 Å². The number of benzene rings is 3. The molecule has 1 aliphatic heterocycles. The molecular formula is C25H27ClN2O4S. The summed E-state index contributed by atoms with van der Waals surface area (Å²) in [4.78, 5) is 12.5. The van der Waals surface area contributed by atoms with Gasteiger partial charge in [-0.1, -0.05) is 54.1 Å². The zero-order chi connectivity index (χ0) is 23.3. The van der Waals surface area contributed by atoms with Gasteiger partial charge in [0.25, 0.3) is 0 Å². The summed E-state index contributed by atoms with van der Waals surface area (Å²) in [6, 6.07) is 20.9. The van der Waals surface area contributed by atoms with E-state index in [1.807, 2.05) is 42.5 Å². The monoisotopic (exact) mass is 486 g/mol. The van der Waals surface area contributed by atoms with Crippen LogP contribution in [0.3, 0.4) is 0 Å². The number of fused-ring (bicyclic) bond motifs is 1. The summed E-state index contributed by atoms with van der Waals surface area (Å²) in [6.45, 7) is 1.46. The number of carbonyl (C=O) groups is 1. The molecule has 0 unspecified atom stereocenters. The van der Waals surface area contributed by atoms with Crippen molar-refractivity contribution in [3.8, 4) is 5.75 Å². The Hall–Kier alpha value is -2.61. The SMILES string of the molecule is O=C(NCCOc1ccc2ccccc2c1)C1CCN(S(=O)(=O)Cc2cccc(Cl)c2)CC1. The third-order valence-corrected chi connectivity index (χ3v) is 7.93. The number of ether oxygens (including phenoxy) is 1. The number of sulfonamides is 1. The van der Waals surface area contributed by atoms with Gasteiger partial charge in [-0.25, -0.2) is 12.7 Å². The highest BCUT2D eigenvalue weighted by molar-refractivity contribution is 7.88. The van der Waals surface area contributed by atoms with Gasteiger partial charge in [0.05, 0.1) is 12.3 Å². The fourth-order valence-electron chi connectivity index (χ4n) is 4.07. The number of carbonyl (C=O) groups excluding carboxylic acids is 1. The van der Waals surface area contributed by atoms with Crippen molar-refractivity contribution in [2.45, 2.75) is 18.6 Å². The second-order valence-electron chi connectivity index (χ2n) is 8.21. The van der Waals surface area contributed by atoms with Crippen molar-refractivity contribution in [3.05, 3.63) is 77.3 Å². The van der Waals surface area contributed by atoms with E-state index >= 15 is 0 Å².